The fraction of sp³-hybridized carbons (Fsp3) is 0.185. The van der Waals surface area contributed by atoms with E-state index in [0.717, 1.165) is 33.3 Å². The second-order valence-corrected chi connectivity index (χ2v) is 8.50. The van der Waals surface area contributed by atoms with Crippen LogP contribution in [0.4, 0.5) is 0 Å². The molecule has 0 spiro atoms. The number of hydrogen-bond acceptors (Lipinski definition) is 3. The standard InChI is InChI=1S/C27H23N3O3/c1-28-23-21(26(31)29(2)27(28)32)22(18-10-4-3-5-11-18)30-15-16-33-25(24(23)30)20-14-8-12-17-9-6-7-13-19(17)20/h3-14,25H,15-16H2,1-2H3/t25-/m0/s1. The van der Waals surface area contributed by atoms with Crippen molar-refractivity contribution in [1.82, 2.24) is 13.7 Å². The van der Waals surface area contributed by atoms with Gasteiger partial charge in [0.2, 0.25) is 0 Å². The molecule has 3 aromatic carbocycles. The van der Waals surface area contributed by atoms with E-state index in [4.69, 9.17) is 4.74 Å². The highest BCUT2D eigenvalue weighted by molar-refractivity contribution is 5.97. The van der Waals surface area contributed by atoms with Gasteiger partial charge in [0, 0.05) is 20.6 Å². The van der Waals surface area contributed by atoms with Gasteiger partial charge in [-0.3, -0.25) is 13.9 Å². The zero-order valence-electron chi connectivity index (χ0n) is 18.5. The molecule has 6 rings (SSSR count). The lowest BCUT2D eigenvalue weighted by molar-refractivity contribution is 0.0487. The average Bonchev–Trinajstić information content (AvgIpc) is 3.22. The molecule has 5 aromatic rings. The van der Waals surface area contributed by atoms with E-state index < -0.39 is 6.10 Å². The van der Waals surface area contributed by atoms with E-state index in [2.05, 4.69) is 28.8 Å². The van der Waals surface area contributed by atoms with Crippen molar-refractivity contribution in [3.05, 3.63) is 105 Å². The van der Waals surface area contributed by atoms with Gasteiger partial charge in [-0.25, -0.2) is 4.79 Å². The van der Waals surface area contributed by atoms with Crippen molar-refractivity contribution in [2.45, 2.75) is 12.6 Å². The van der Waals surface area contributed by atoms with Crippen LogP contribution in [0.1, 0.15) is 17.4 Å². The van der Waals surface area contributed by atoms with E-state index in [-0.39, 0.29) is 11.2 Å². The molecule has 1 aliphatic rings. The van der Waals surface area contributed by atoms with Crippen LogP contribution in [0.15, 0.2) is 82.4 Å². The summed E-state index contributed by atoms with van der Waals surface area (Å²) in [5.41, 5.74) is 3.67. The number of fused-ring (bicyclic) bond motifs is 4. The monoisotopic (exact) mass is 437 g/mol. The van der Waals surface area contributed by atoms with Crippen molar-refractivity contribution >= 4 is 21.7 Å². The Balaban J connectivity index is 1.78. The molecular formula is C27H23N3O3. The van der Waals surface area contributed by atoms with E-state index in [1.807, 2.05) is 48.5 Å². The van der Waals surface area contributed by atoms with Crippen LogP contribution in [0.2, 0.25) is 0 Å². The summed E-state index contributed by atoms with van der Waals surface area (Å²) in [4.78, 5) is 26.4. The summed E-state index contributed by atoms with van der Waals surface area (Å²) < 4.78 is 11.3. The molecule has 0 amide bonds. The molecule has 3 heterocycles. The van der Waals surface area contributed by atoms with E-state index in [9.17, 15) is 9.59 Å². The average molecular weight is 437 g/mol. The predicted octanol–water partition coefficient (Wildman–Crippen LogP) is 3.98. The van der Waals surface area contributed by atoms with E-state index >= 15 is 0 Å². The Bertz CT molecular complexity index is 1650. The molecule has 0 fully saturated rings. The smallest absolute Gasteiger partial charge is 0.331 e. The fourth-order valence-corrected chi connectivity index (χ4v) is 5.19. The number of hydrogen-bond donors (Lipinski definition) is 0. The summed E-state index contributed by atoms with van der Waals surface area (Å²) in [7, 11) is 3.27. The van der Waals surface area contributed by atoms with E-state index in [1.54, 1.807) is 11.6 Å². The van der Waals surface area contributed by atoms with Gasteiger partial charge in [0.15, 0.2) is 0 Å². The summed E-state index contributed by atoms with van der Waals surface area (Å²) in [5, 5.41) is 2.78. The minimum Gasteiger partial charge on any atom is -0.365 e. The summed E-state index contributed by atoms with van der Waals surface area (Å²) in [5.74, 6) is 0. The minimum atomic E-state index is -0.400. The zero-order valence-corrected chi connectivity index (χ0v) is 18.5. The summed E-state index contributed by atoms with van der Waals surface area (Å²) in [6, 6.07) is 24.3. The highest BCUT2D eigenvalue weighted by Gasteiger charge is 2.33. The number of aromatic nitrogens is 3. The first-order valence-electron chi connectivity index (χ1n) is 11.0. The van der Waals surface area contributed by atoms with Crippen LogP contribution in [0.3, 0.4) is 0 Å². The second kappa shape index (κ2) is 7.32. The predicted molar refractivity (Wildman–Crippen MR) is 130 cm³/mol. The van der Waals surface area contributed by atoms with Crippen molar-refractivity contribution in [2.24, 2.45) is 14.1 Å². The summed E-state index contributed by atoms with van der Waals surface area (Å²) in [6.07, 6.45) is -0.400. The quantitative estimate of drug-likeness (QED) is 0.420. The normalized spacial score (nSPS) is 15.8. The zero-order chi connectivity index (χ0) is 22.7. The molecule has 0 unspecified atom stereocenters. The lowest BCUT2D eigenvalue weighted by Crippen LogP contribution is -2.37. The lowest BCUT2D eigenvalue weighted by atomic mass is 9.97. The van der Waals surface area contributed by atoms with Crippen molar-refractivity contribution in [1.29, 1.82) is 0 Å². The number of aryl methyl sites for hydroxylation is 1. The highest BCUT2D eigenvalue weighted by Crippen LogP contribution is 2.42. The largest absolute Gasteiger partial charge is 0.365 e. The molecule has 164 valence electrons. The van der Waals surface area contributed by atoms with Crippen molar-refractivity contribution in [3.63, 3.8) is 0 Å². The van der Waals surface area contributed by atoms with Crippen LogP contribution in [-0.2, 0) is 25.4 Å². The molecule has 6 nitrogen and oxygen atoms in total. The third kappa shape index (κ3) is 2.77. The Kier molecular flexibility index (Phi) is 4.38. The van der Waals surface area contributed by atoms with E-state index in [1.165, 1.54) is 11.6 Å². The van der Waals surface area contributed by atoms with Gasteiger partial charge < -0.3 is 9.30 Å². The molecule has 1 atom stereocenters. The minimum absolute atomic E-state index is 0.287. The SMILES string of the molecule is Cn1c(=O)c2c(-c3ccccc3)n3c(c2n(C)c1=O)[C@H](c1cccc2ccccc12)OCC3. The van der Waals surface area contributed by atoms with Crippen LogP contribution in [0, 0.1) is 0 Å². The van der Waals surface area contributed by atoms with Crippen molar-refractivity contribution in [2.75, 3.05) is 6.61 Å². The molecule has 0 N–H and O–H groups in total. The fourth-order valence-electron chi connectivity index (χ4n) is 5.19. The van der Waals surface area contributed by atoms with Crippen LogP contribution < -0.4 is 11.2 Å². The maximum atomic E-state index is 13.5. The Morgan fingerprint density at radius 3 is 2.39 bits per heavy atom. The Hall–Kier alpha value is -3.90. The highest BCUT2D eigenvalue weighted by atomic mass is 16.5. The van der Waals surface area contributed by atoms with Gasteiger partial charge in [-0.05, 0) is 21.9 Å². The number of benzene rings is 3. The first-order chi connectivity index (χ1) is 16.1. The molecule has 0 bridgehead atoms. The molecule has 2 aromatic heterocycles. The van der Waals surface area contributed by atoms with Crippen molar-refractivity contribution in [3.8, 4) is 11.3 Å². The molecule has 0 saturated heterocycles. The Morgan fingerprint density at radius 2 is 1.58 bits per heavy atom. The van der Waals surface area contributed by atoms with Gasteiger partial charge in [0.1, 0.15) is 6.10 Å². The van der Waals surface area contributed by atoms with Crippen LogP contribution in [0.25, 0.3) is 32.9 Å². The van der Waals surface area contributed by atoms with Gasteiger partial charge in [-0.1, -0.05) is 72.8 Å². The second-order valence-electron chi connectivity index (χ2n) is 8.50. The maximum Gasteiger partial charge on any atom is 0.331 e. The van der Waals surface area contributed by atoms with Gasteiger partial charge >= 0.3 is 5.69 Å². The van der Waals surface area contributed by atoms with Crippen molar-refractivity contribution < 1.29 is 4.74 Å². The first-order valence-corrected chi connectivity index (χ1v) is 11.0. The molecule has 0 saturated carbocycles. The molecule has 1 aliphatic heterocycles. The third-order valence-corrected chi connectivity index (χ3v) is 6.71. The maximum absolute atomic E-state index is 13.5. The molecule has 33 heavy (non-hydrogen) atoms. The van der Waals surface area contributed by atoms with Gasteiger partial charge in [0.05, 0.1) is 28.9 Å². The number of ether oxygens (including phenoxy) is 1. The first kappa shape index (κ1) is 19.8. The lowest BCUT2D eigenvalue weighted by Gasteiger charge is -2.28. The van der Waals surface area contributed by atoms with Gasteiger partial charge in [-0.15, -0.1) is 0 Å². The molecule has 0 radical (unpaired) electrons. The van der Waals surface area contributed by atoms with Crippen LogP contribution in [0.5, 0.6) is 0 Å². The summed E-state index contributed by atoms with van der Waals surface area (Å²) in [6.45, 7) is 1.11. The van der Waals surface area contributed by atoms with Gasteiger partial charge in [0.25, 0.3) is 5.56 Å². The van der Waals surface area contributed by atoms with E-state index in [0.29, 0.717) is 24.1 Å². The Labute approximate surface area is 189 Å². The molecule has 0 aliphatic carbocycles. The van der Waals surface area contributed by atoms with Crippen LogP contribution in [-0.4, -0.2) is 20.3 Å². The third-order valence-electron chi connectivity index (χ3n) is 6.71. The molecular weight excluding hydrogens is 414 g/mol. The number of nitrogens with zero attached hydrogens (tertiary/aromatic N) is 3. The van der Waals surface area contributed by atoms with Crippen LogP contribution >= 0.6 is 0 Å². The topological polar surface area (TPSA) is 58.2 Å². The number of rotatable bonds is 2. The summed E-state index contributed by atoms with van der Waals surface area (Å²) >= 11 is 0. The molecule has 6 heteroatoms. The van der Waals surface area contributed by atoms with Gasteiger partial charge in [-0.2, -0.15) is 0 Å². The Morgan fingerprint density at radius 1 is 0.848 bits per heavy atom.